The number of nitrogens with zero attached hydrogens (tertiary/aromatic N) is 5. The summed E-state index contributed by atoms with van der Waals surface area (Å²) in [5.74, 6) is 0.815. The van der Waals surface area contributed by atoms with Crippen molar-refractivity contribution in [2.24, 2.45) is 0 Å². The number of hydrogen-bond acceptors (Lipinski definition) is 8. The van der Waals surface area contributed by atoms with Crippen LogP contribution < -0.4 is 22.3 Å². The van der Waals surface area contributed by atoms with Gasteiger partial charge in [0.1, 0.15) is 23.3 Å². The number of aromatic nitrogens is 4. The number of nitrogens with one attached hydrogen (secondary N) is 1. The van der Waals surface area contributed by atoms with Gasteiger partial charge in [0.15, 0.2) is 5.82 Å². The number of nitrogen functional groups attached to an aromatic ring is 2. The first-order valence-corrected chi connectivity index (χ1v) is 9.63. The van der Waals surface area contributed by atoms with Gasteiger partial charge in [-0.25, -0.2) is 4.98 Å². The summed E-state index contributed by atoms with van der Waals surface area (Å²) >= 11 is 0. The Kier molecular flexibility index (Phi) is 5.20. The molecule has 0 unspecified atom stereocenters. The summed E-state index contributed by atoms with van der Waals surface area (Å²) in [6.45, 7) is 2.27. The van der Waals surface area contributed by atoms with Gasteiger partial charge in [0.05, 0.1) is 16.6 Å². The molecule has 5 N–H and O–H groups in total. The second-order valence-electron chi connectivity index (χ2n) is 6.95. The van der Waals surface area contributed by atoms with Gasteiger partial charge >= 0.3 is 0 Å². The zero-order chi connectivity index (χ0) is 22.0. The average molecular weight is 412 g/mol. The summed E-state index contributed by atoms with van der Waals surface area (Å²) in [6, 6.07) is 16.9. The highest BCUT2D eigenvalue weighted by atomic mass is 16.1. The van der Waals surface area contributed by atoms with E-state index in [4.69, 9.17) is 16.5 Å². The van der Waals surface area contributed by atoms with Crippen molar-refractivity contribution >= 4 is 28.5 Å². The van der Waals surface area contributed by atoms with Crippen LogP contribution in [0.2, 0.25) is 0 Å². The number of anilines is 3. The topological polar surface area (TPSA) is 149 Å². The Morgan fingerprint density at radius 2 is 1.84 bits per heavy atom. The van der Waals surface area contributed by atoms with Crippen LogP contribution in [0.3, 0.4) is 0 Å². The molecule has 9 heteroatoms. The first-order valence-electron chi connectivity index (χ1n) is 9.63. The summed E-state index contributed by atoms with van der Waals surface area (Å²) in [5, 5.41) is 13.0. The molecule has 0 aliphatic carbocycles. The SMILES string of the molecule is Cc1cccc2c(=O)n(-c3ccccc3)c(CCNc3nc(N)nc(N)c3C#N)nc12. The maximum absolute atomic E-state index is 13.3. The molecule has 4 aromatic rings. The van der Waals surface area contributed by atoms with Gasteiger partial charge in [0, 0.05) is 13.0 Å². The Bertz CT molecular complexity index is 1370. The first kappa shape index (κ1) is 19.8. The second-order valence-corrected chi connectivity index (χ2v) is 6.95. The van der Waals surface area contributed by atoms with Crippen LogP contribution in [-0.2, 0) is 6.42 Å². The highest BCUT2D eigenvalue weighted by Gasteiger charge is 2.15. The molecule has 31 heavy (non-hydrogen) atoms. The summed E-state index contributed by atoms with van der Waals surface area (Å²) in [4.78, 5) is 26.0. The van der Waals surface area contributed by atoms with Crippen LogP contribution >= 0.6 is 0 Å². The maximum Gasteiger partial charge on any atom is 0.265 e. The molecule has 0 atom stereocenters. The van der Waals surface area contributed by atoms with Gasteiger partial charge in [-0.1, -0.05) is 30.3 Å². The van der Waals surface area contributed by atoms with E-state index in [-0.39, 0.29) is 28.7 Å². The number of aryl methyl sites for hydroxylation is 1. The van der Waals surface area contributed by atoms with Crippen LogP contribution in [0.1, 0.15) is 17.0 Å². The normalized spacial score (nSPS) is 10.7. The summed E-state index contributed by atoms with van der Waals surface area (Å²) in [6.07, 6.45) is 0.392. The van der Waals surface area contributed by atoms with E-state index in [0.717, 1.165) is 11.3 Å². The zero-order valence-electron chi connectivity index (χ0n) is 16.8. The molecule has 0 bridgehead atoms. The van der Waals surface area contributed by atoms with Crippen molar-refractivity contribution in [2.45, 2.75) is 13.3 Å². The predicted molar refractivity (Wildman–Crippen MR) is 120 cm³/mol. The van der Waals surface area contributed by atoms with Crippen molar-refractivity contribution in [1.29, 1.82) is 5.26 Å². The highest BCUT2D eigenvalue weighted by molar-refractivity contribution is 5.81. The van der Waals surface area contributed by atoms with Crippen molar-refractivity contribution in [3.8, 4) is 11.8 Å². The number of hydrogen-bond donors (Lipinski definition) is 3. The van der Waals surface area contributed by atoms with E-state index < -0.39 is 0 Å². The molecule has 0 spiro atoms. The van der Waals surface area contributed by atoms with E-state index in [1.807, 2.05) is 55.5 Å². The zero-order valence-corrected chi connectivity index (χ0v) is 16.8. The average Bonchev–Trinajstić information content (AvgIpc) is 2.75. The number of benzene rings is 2. The van der Waals surface area contributed by atoms with Crippen molar-refractivity contribution in [1.82, 2.24) is 19.5 Å². The molecule has 9 nitrogen and oxygen atoms in total. The number of nitriles is 1. The standard InChI is InChI=1S/C22H20N8O/c1-13-6-5-9-15-18(13)27-17(30(21(15)31)14-7-3-2-4-8-14)10-11-26-20-16(12-23)19(24)28-22(25)29-20/h2-9H,10-11H2,1H3,(H5,24,25,26,28,29). The smallest absolute Gasteiger partial charge is 0.265 e. The van der Waals surface area contributed by atoms with Gasteiger partial charge in [0.2, 0.25) is 5.95 Å². The lowest BCUT2D eigenvalue weighted by Gasteiger charge is -2.15. The fourth-order valence-corrected chi connectivity index (χ4v) is 3.43. The Balaban J connectivity index is 1.75. The highest BCUT2D eigenvalue weighted by Crippen LogP contribution is 2.19. The molecule has 0 saturated heterocycles. The van der Waals surface area contributed by atoms with Crippen LogP contribution in [0.5, 0.6) is 0 Å². The van der Waals surface area contributed by atoms with Crippen molar-refractivity contribution < 1.29 is 0 Å². The van der Waals surface area contributed by atoms with Crippen LogP contribution in [0, 0.1) is 18.3 Å². The molecule has 2 aromatic heterocycles. The van der Waals surface area contributed by atoms with Gasteiger partial charge in [-0.15, -0.1) is 0 Å². The predicted octanol–water partition coefficient (Wildman–Crippen LogP) is 2.17. The lowest BCUT2D eigenvalue weighted by Crippen LogP contribution is -2.25. The van der Waals surface area contributed by atoms with Gasteiger partial charge in [0.25, 0.3) is 5.56 Å². The number of para-hydroxylation sites is 2. The van der Waals surface area contributed by atoms with E-state index in [2.05, 4.69) is 15.3 Å². The van der Waals surface area contributed by atoms with Gasteiger partial charge in [-0.3, -0.25) is 9.36 Å². The third-order valence-corrected chi connectivity index (χ3v) is 4.89. The summed E-state index contributed by atoms with van der Waals surface area (Å²) in [7, 11) is 0. The molecule has 0 fully saturated rings. The Labute approximate surface area is 178 Å². The lowest BCUT2D eigenvalue weighted by molar-refractivity contribution is 0.808. The molecule has 154 valence electrons. The third-order valence-electron chi connectivity index (χ3n) is 4.89. The largest absolute Gasteiger partial charge is 0.382 e. The van der Waals surface area contributed by atoms with Crippen molar-refractivity contribution in [3.05, 3.63) is 75.8 Å². The number of fused-ring (bicyclic) bond motifs is 1. The molecule has 2 aromatic carbocycles. The quantitative estimate of drug-likeness (QED) is 0.451. The van der Waals surface area contributed by atoms with E-state index in [0.29, 0.717) is 29.7 Å². The number of rotatable bonds is 5. The minimum absolute atomic E-state index is 0.0122. The Morgan fingerprint density at radius 3 is 2.58 bits per heavy atom. The molecule has 0 amide bonds. The fourth-order valence-electron chi connectivity index (χ4n) is 3.43. The molecular formula is C22H20N8O. The van der Waals surface area contributed by atoms with E-state index in [1.54, 1.807) is 10.6 Å². The van der Waals surface area contributed by atoms with Crippen LogP contribution in [0.15, 0.2) is 53.3 Å². The van der Waals surface area contributed by atoms with Gasteiger partial charge in [-0.2, -0.15) is 15.2 Å². The van der Waals surface area contributed by atoms with Gasteiger partial charge < -0.3 is 16.8 Å². The molecule has 2 heterocycles. The minimum Gasteiger partial charge on any atom is -0.382 e. The molecule has 0 aliphatic rings. The van der Waals surface area contributed by atoms with E-state index >= 15 is 0 Å². The lowest BCUT2D eigenvalue weighted by atomic mass is 10.1. The monoisotopic (exact) mass is 412 g/mol. The second kappa shape index (κ2) is 8.12. The molecule has 0 radical (unpaired) electrons. The van der Waals surface area contributed by atoms with Gasteiger partial charge in [-0.05, 0) is 30.7 Å². The molecule has 4 rings (SSSR count). The summed E-state index contributed by atoms with van der Waals surface area (Å²) in [5.41, 5.74) is 13.7. The van der Waals surface area contributed by atoms with Crippen molar-refractivity contribution in [2.75, 3.05) is 23.3 Å². The fraction of sp³-hybridized carbons (Fsp3) is 0.136. The molecule has 0 saturated carbocycles. The first-order chi connectivity index (χ1) is 15.0. The Hall–Kier alpha value is -4.45. The number of nitrogens with two attached hydrogens (primary N) is 2. The minimum atomic E-state index is -0.136. The third kappa shape index (κ3) is 3.74. The van der Waals surface area contributed by atoms with Crippen LogP contribution in [0.25, 0.3) is 16.6 Å². The van der Waals surface area contributed by atoms with Crippen molar-refractivity contribution in [3.63, 3.8) is 0 Å². The van der Waals surface area contributed by atoms with E-state index in [9.17, 15) is 10.1 Å². The van der Waals surface area contributed by atoms with E-state index in [1.165, 1.54) is 0 Å². The maximum atomic E-state index is 13.3. The van der Waals surface area contributed by atoms with Crippen LogP contribution in [-0.4, -0.2) is 26.1 Å². The Morgan fingerprint density at radius 1 is 1.06 bits per heavy atom. The van der Waals surface area contributed by atoms with Crippen LogP contribution in [0.4, 0.5) is 17.6 Å². The molecule has 0 aliphatic heterocycles. The molecular weight excluding hydrogens is 392 g/mol. The summed E-state index contributed by atoms with van der Waals surface area (Å²) < 4.78 is 1.61.